The Labute approximate surface area is 147 Å². The van der Waals surface area contributed by atoms with Gasteiger partial charge in [0, 0.05) is 12.3 Å². The van der Waals surface area contributed by atoms with Gasteiger partial charge in [-0.25, -0.2) is 8.42 Å². The van der Waals surface area contributed by atoms with E-state index in [1.807, 2.05) is 0 Å². The van der Waals surface area contributed by atoms with Crippen LogP contribution in [0.3, 0.4) is 0 Å². The van der Waals surface area contributed by atoms with Gasteiger partial charge in [-0.15, -0.1) is 0 Å². The summed E-state index contributed by atoms with van der Waals surface area (Å²) >= 11 is 0. The first-order valence-corrected chi connectivity index (χ1v) is 9.24. The van der Waals surface area contributed by atoms with E-state index in [-0.39, 0.29) is 10.6 Å². The number of ether oxygens (including phenoxy) is 2. The quantitative estimate of drug-likeness (QED) is 0.800. The van der Waals surface area contributed by atoms with Gasteiger partial charge in [0.25, 0.3) is 0 Å². The fraction of sp³-hybridized carbons (Fsp3) is 0.167. The Morgan fingerprint density at radius 2 is 1.72 bits per heavy atom. The summed E-state index contributed by atoms with van der Waals surface area (Å²) in [4.78, 5) is 12.2. The molecule has 0 aliphatic carbocycles. The maximum Gasteiger partial charge on any atom is 0.248 e. The number of hydrogen-bond acceptors (Lipinski definition) is 5. The van der Waals surface area contributed by atoms with E-state index in [0.29, 0.717) is 11.5 Å². The zero-order valence-corrected chi connectivity index (χ0v) is 15.0. The average molecular weight is 361 g/mol. The fourth-order valence-corrected chi connectivity index (χ4v) is 3.04. The van der Waals surface area contributed by atoms with Gasteiger partial charge in [-0.2, -0.15) is 0 Å². The number of para-hydroxylation sites is 1. The van der Waals surface area contributed by atoms with Gasteiger partial charge < -0.3 is 14.8 Å². The molecule has 0 atom stereocenters. The maximum atomic E-state index is 12.1. The summed E-state index contributed by atoms with van der Waals surface area (Å²) in [6.45, 7) is 0. The summed E-state index contributed by atoms with van der Waals surface area (Å²) in [6, 6.07) is 11.5. The minimum atomic E-state index is -3.43. The summed E-state index contributed by atoms with van der Waals surface area (Å²) in [7, 11) is -0.362. The van der Waals surface area contributed by atoms with Crippen molar-refractivity contribution in [2.24, 2.45) is 0 Å². The van der Waals surface area contributed by atoms with Crippen LogP contribution in [-0.4, -0.2) is 34.8 Å². The maximum absolute atomic E-state index is 12.1. The van der Waals surface area contributed by atoms with E-state index in [1.165, 1.54) is 19.3 Å². The Morgan fingerprint density at radius 1 is 1.04 bits per heavy atom. The van der Waals surface area contributed by atoms with E-state index in [0.717, 1.165) is 11.8 Å². The summed E-state index contributed by atoms with van der Waals surface area (Å²) in [5.74, 6) is 0.699. The molecule has 0 spiro atoms. The summed E-state index contributed by atoms with van der Waals surface area (Å²) in [5, 5.41) is 2.58. The number of sulfone groups is 1. The predicted octanol–water partition coefficient (Wildman–Crippen LogP) is 2.76. The van der Waals surface area contributed by atoms with Crippen LogP contribution in [-0.2, 0) is 14.6 Å². The molecule has 0 aliphatic rings. The molecule has 0 saturated heterocycles. The van der Waals surface area contributed by atoms with Crippen LogP contribution in [0.1, 0.15) is 5.56 Å². The number of amides is 1. The molecule has 0 unspecified atom stereocenters. The summed E-state index contributed by atoms with van der Waals surface area (Å²) < 4.78 is 33.9. The number of nitrogens with one attached hydrogen (secondary N) is 1. The van der Waals surface area contributed by atoms with E-state index in [1.54, 1.807) is 49.6 Å². The van der Waals surface area contributed by atoms with E-state index >= 15 is 0 Å². The summed E-state index contributed by atoms with van der Waals surface area (Å²) in [5.41, 5.74) is 0.983. The molecule has 0 heterocycles. The van der Waals surface area contributed by atoms with Crippen LogP contribution in [0, 0.1) is 0 Å². The second-order valence-corrected chi connectivity index (χ2v) is 7.19. The van der Waals surface area contributed by atoms with E-state index in [9.17, 15) is 13.2 Å². The van der Waals surface area contributed by atoms with Gasteiger partial charge in [-0.05, 0) is 35.9 Å². The van der Waals surface area contributed by atoms with E-state index < -0.39 is 15.7 Å². The highest BCUT2D eigenvalue weighted by Crippen LogP contribution is 2.28. The van der Waals surface area contributed by atoms with Crippen molar-refractivity contribution in [3.05, 3.63) is 54.1 Å². The lowest BCUT2D eigenvalue weighted by Gasteiger charge is -2.08. The van der Waals surface area contributed by atoms with Crippen LogP contribution in [0.15, 0.2) is 53.4 Å². The third kappa shape index (κ3) is 4.84. The van der Waals surface area contributed by atoms with Gasteiger partial charge >= 0.3 is 0 Å². The standard InChI is InChI=1S/C18H19NO5S/c1-23-15-10-8-13(12-16(15)24-2)9-11-18(20)19-14-6-4-5-7-17(14)25(3,21)22/h4-12H,1-3H3,(H,19,20)/b11-9+. The second-order valence-electron chi connectivity index (χ2n) is 5.21. The molecule has 2 rings (SSSR count). The topological polar surface area (TPSA) is 81.7 Å². The number of methoxy groups -OCH3 is 2. The Hall–Kier alpha value is -2.80. The third-order valence-corrected chi connectivity index (χ3v) is 4.53. The highest BCUT2D eigenvalue weighted by molar-refractivity contribution is 7.90. The largest absolute Gasteiger partial charge is 0.493 e. The number of anilines is 1. The summed E-state index contributed by atoms with van der Waals surface area (Å²) in [6.07, 6.45) is 4.01. The molecule has 0 radical (unpaired) electrons. The van der Waals surface area contributed by atoms with Crippen molar-refractivity contribution >= 4 is 27.5 Å². The number of hydrogen-bond donors (Lipinski definition) is 1. The van der Waals surface area contributed by atoms with E-state index in [4.69, 9.17) is 9.47 Å². The molecule has 0 saturated carbocycles. The van der Waals surface area contributed by atoms with Crippen molar-refractivity contribution in [2.75, 3.05) is 25.8 Å². The Kier molecular flexibility index (Phi) is 5.82. The van der Waals surface area contributed by atoms with Gasteiger partial charge in [0.15, 0.2) is 21.3 Å². The van der Waals surface area contributed by atoms with Crippen molar-refractivity contribution in [2.45, 2.75) is 4.90 Å². The zero-order chi connectivity index (χ0) is 18.4. The van der Waals surface area contributed by atoms with Crippen molar-refractivity contribution in [3.8, 4) is 11.5 Å². The van der Waals surface area contributed by atoms with Gasteiger partial charge in [0.1, 0.15) is 0 Å². The van der Waals surface area contributed by atoms with Crippen LogP contribution in [0.4, 0.5) is 5.69 Å². The Bertz CT molecular complexity index is 903. The molecule has 1 N–H and O–H groups in total. The van der Waals surface area contributed by atoms with Crippen LogP contribution < -0.4 is 14.8 Å². The van der Waals surface area contributed by atoms with Crippen molar-refractivity contribution in [1.29, 1.82) is 0 Å². The molecule has 1 amide bonds. The molecular weight excluding hydrogens is 342 g/mol. The molecule has 2 aromatic carbocycles. The van der Waals surface area contributed by atoms with Gasteiger partial charge in [-0.1, -0.05) is 18.2 Å². The van der Waals surface area contributed by atoms with Crippen molar-refractivity contribution < 1.29 is 22.7 Å². The number of carbonyl (C=O) groups excluding carboxylic acids is 1. The number of carbonyl (C=O) groups is 1. The van der Waals surface area contributed by atoms with Crippen LogP contribution in [0.2, 0.25) is 0 Å². The average Bonchev–Trinajstić information content (AvgIpc) is 2.59. The highest BCUT2D eigenvalue weighted by Gasteiger charge is 2.13. The molecule has 0 bridgehead atoms. The lowest BCUT2D eigenvalue weighted by atomic mass is 10.2. The Morgan fingerprint density at radius 3 is 2.36 bits per heavy atom. The Balaban J connectivity index is 2.17. The van der Waals surface area contributed by atoms with E-state index in [2.05, 4.69) is 5.32 Å². The molecule has 0 aromatic heterocycles. The molecule has 0 aliphatic heterocycles. The molecule has 0 fully saturated rings. The van der Waals surface area contributed by atoms with Crippen LogP contribution >= 0.6 is 0 Å². The lowest BCUT2D eigenvalue weighted by Crippen LogP contribution is -2.11. The first kappa shape index (κ1) is 18.5. The zero-order valence-electron chi connectivity index (χ0n) is 14.1. The normalized spacial score (nSPS) is 11.3. The first-order chi connectivity index (χ1) is 11.8. The number of rotatable bonds is 6. The third-order valence-electron chi connectivity index (χ3n) is 3.38. The van der Waals surface area contributed by atoms with Crippen LogP contribution in [0.5, 0.6) is 11.5 Å². The molecule has 2 aromatic rings. The van der Waals surface area contributed by atoms with Crippen molar-refractivity contribution in [1.82, 2.24) is 0 Å². The van der Waals surface area contributed by atoms with Gasteiger partial charge in [0.05, 0.1) is 24.8 Å². The molecule has 25 heavy (non-hydrogen) atoms. The fourth-order valence-electron chi connectivity index (χ4n) is 2.20. The second kappa shape index (κ2) is 7.85. The molecule has 6 nitrogen and oxygen atoms in total. The minimum absolute atomic E-state index is 0.0721. The first-order valence-electron chi connectivity index (χ1n) is 7.35. The molecule has 132 valence electrons. The molecule has 7 heteroatoms. The SMILES string of the molecule is COc1ccc(/C=C/C(=O)Nc2ccccc2S(C)(=O)=O)cc1OC. The smallest absolute Gasteiger partial charge is 0.248 e. The predicted molar refractivity (Wildman–Crippen MR) is 96.8 cm³/mol. The number of benzene rings is 2. The van der Waals surface area contributed by atoms with Crippen molar-refractivity contribution in [3.63, 3.8) is 0 Å². The highest BCUT2D eigenvalue weighted by atomic mass is 32.2. The van der Waals surface area contributed by atoms with Gasteiger partial charge in [-0.3, -0.25) is 4.79 Å². The van der Waals surface area contributed by atoms with Gasteiger partial charge in [0.2, 0.25) is 5.91 Å². The van der Waals surface area contributed by atoms with Crippen LogP contribution in [0.25, 0.3) is 6.08 Å². The monoisotopic (exact) mass is 361 g/mol. The minimum Gasteiger partial charge on any atom is -0.493 e. The lowest BCUT2D eigenvalue weighted by molar-refractivity contribution is -0.111. The molecular formula is C18H19NO5S.